The van der Waals surface area contributed by atoms with Gasteiger partial charge in [-0.15, -0.1) is 0 Å². The highest BCUT2D eigenvalue weighted by molar-refractivity contribution is 5.83. The number of aliphatic hydroxyl groups excluding tert-OH is 1. The third-order valence-electron chi connectivity index (χ3n) is 4.09. The van der Waals surface area contributed by atoms with Gasteiger partial charge in [0.05, 0.1) is 5.41 Å². The van der Waals surface area contributed by atoms with Crippen LogP contribution in [-0.4, -0.2) is 41.3 Å². The molecule has 6 heteroatoms. The number of hydrogen-bond donors (Lipinski definition) is 4. The number of rotatable bonds is 6. The molecule has 1 fully saturated rings. The number of nitrogens with two attached hydrogens (primary N) is 1. The van der Waals surface area contributed by atoms with E-state index in [0.717, 1.165) is 25.7 Å². The van der Waals surface area contributed by atoms with Crippen LogP contribution >= 0.6 is 0 Å². The molecule has 1 rings (SSSR count). The molecule has 1 amide bonds. The Balaban J connectivity index is 2.44. The highest BCUT2D eigenvalue weighted by atomic mass is 16.4. The first-order valence-electron chi connectivity index (χ1n) is 6.80. The smallest absolute Gasteiger partial charge is 0.332 e. The molecule has 0 aromatic rings. The topological polar surface area (TPSA) is 113 Å². The van der Waals surface area contributed by atoms with Crippen LogP contribution in [-0.2, 0) is 9.59 Å². The Labute approximate surface area is 113 Å². The van der Waals surface area contributed by atoms with E-state index in [1.165, 1.54) is 0 Å². The fraction of sp³-hybridized carbons (Fsp3) is 0.846. The molecule has 1 aliphatic rings. The van der Waals surface area contributed by atoms with Crippen molar-refractivity contribution in [1.29, 1.82) is 0 Å². The zero-order valence-electron chi connectivity index (χ0n) is 11.4. The van der Waals surface area contributed by atoms with Crippen molar-refractivity contribution in [1.82, 2.24) is 5.32 Å². The van der Waals surface area contributed by atoms with Crippen molar-refractivity contribution in [3.8, 4) is 0 Å². The average molecular weight is 272 g/mol. The number of carbonyl (C=O) groups excluding carboxylic acids is 1. The van der Waals surface area contributed by atoms with Crippen molar-refractivity contribution >= 4 is 11.9 Å². The summed E-state index contributed by atoms with van der Waals surface area (Å²) in [5.41, 5.74) is 5.25. The number of hydrogen-bond acceptors (Lipinski definition) is 4. The Hall–Kier alpha value is -1.14. The minimum Gasteiger partial charge on any atom is -0.479 e. The normalized spacial score (nSPS) is 28.7. The maximum Gasteiger partial charge on any atom is 0.332 e. The predicted octanol–water partition coefficient (Wildman–Crippen LogP) is 0.0934. The quantitative estimate of drug-likeness (QED) is 0.547. The minimum absolute atomic E-state index is 0.0120. The summed E-state index contributed by atoms with van der Waals surface area (Å²) in [5, 5.41) is 20.4. The van der Waals surface area contributed by atoms with Crippen LogP contribution in [0.4, 0.5) is 0 Å². The fourth-order valence-corrected chi connectivity index (χ4v) is 2.47. The summed E-state index contributed by atoms with van der Waals surface area (Å²) in [6, 6.07) is 0. The standard InChI is InChI=1S/C13H24N2O4/c1-9-2-5-13(8-14,6-3-9)12(19)15-7-4-10(16)11(17)18/h9-10,16H,2-8,14H2,1H3,(H,15,19)(H,17,18)/t9?,10-,13?/m0/s1. The van der Waals surface area contributed by atoms with E-state index in [0.29, 0.717) is 12.5 Å². The molecule has 0 aliphatic heterocycles. The van der Waals surface area contributed by atoms with Crippen LogP contribution in [0.15, 0.2) is 0 Å². The zero-order valence-corrected chi connectivity index (χ0v) is 11.4. The van der Waals surface area contributed by atoms with Gasteiger partial charge < -0.3 is 21.3 Å². The lowest BCUT2D eigenvalue weighted by molar-refractivity contribution is -0.147. The van der Waals surface area contributed by atoms with Crippen molar-refractivity contribution < 1.29 is 19.8 Å². The SMILES string of the molecule is CC1CCC(CN)(C(=O)NCC[C@H](O)C(=O)O)CC1. The molecule has 19 heavy (non-hydrogen) atoms. The second kappa shape index (κ2) is 6.86. The molecule has 0 heterocycles. The van der Waals surface area contributed by atoms with Gasteiger partial charge in [0.2, 0.25) is 5.91 Å². The molecular formula is C13H24N2O4. The lowest BCUT2D eigenvalue weighted by Gasteiger charge is -2.37. The first-order chi connectivity index (χ1) is 8.91. The van der Waals surface area contributed by atoms with Gasteiger partial charge in [0.25, 0.3) is 0 Å². The zero-order chi connectivity index (χ0) is 14.5. The van der Waals surface area contributed by atoms with Gasteiger partial charge in [0.1, 0.15) is 0 Å². The molecule has 6 nitrogen and oxygen atoms in total. The van der Waals surface area contributed by atoms with E-state index in [1.54, 1.807) is 0 Å². The molecule has 110 valence electrons. The second-order valence-corrected chi connectivity index (χ2v) is 5.57. The highest BCUT2D eigenvalue weighted by Gasteiger charge is 2.39. The summed E-state index contributed by atoms with van der Waals surface area (Å²) >= 11 is 0. The summed E-state index contributed by atoms with van der Waals surface area (Å²) in [6.07, 6.45) is 2.11. The van der Waals surface area contributed by atoms with Gasteiger partial charge in [-0.2, -0.15) is 0 Å². The van der Waals surface area contributed by atoms with Gasteiger partial charge in [0.15, 0.2) is 6.10 Å². The summed E-state index contributed by atoms with van der Waals surface area (Å²) in [5.74, 6) is -0.755. The number of amides is 1. The number of carboxylic acids is 1. The lowest BCUT2D eigenvalue weighted by atomic mass is 9.70. The van der Waals surface area contributed by atoms with E-state index in [-0.39, 0.29) is 18.9 Å². The first kappa shape index (κ1) is 15.9. The Morgan fingerprint density at radius 3 is 2.47 bits per heavy atom. The summed E-state index contributed by atoms with van der Waals surface area (Å²) < 4.78 is 0. The molecule has 5 N–H and O–H groups in total. The fourth-order valence-electron chi connectivity index (χ4n) is 2.47. The summed E-state index contributed by atoms with van der Waals surface area (Å²) in [4.78, 5) is 22.6. The molecule has 0 unspecified atom stereocenters. The summed E-state index contributed by atoms with van der Waals surface area (Å²) in [7, 11) is 0. The molecule has 1 aliphatic carbocycles. The van der Waals surface area contributed by atoms with Gasteiger partial charge in [-0.25, -0.2) is 4.79 Å². The molecule has 1 saturated carbocycles. The van der Waals surface area contributed by atoms with Crippen LogP contribution in [0.3, 0.4) is 0 Å². The second-order valence-electron chi connectivity index (χ2n) is 5.57. The van der Waals surface area contributed by atoms with E-state index in [1.807, 2.05) is 0 Å². The van der Waals surface area contributed by atoms with Crippen molar-refractivity contribution in [2.45, 2.75) is 45.1 Å². The largest absolute Gasteiger partial charge is 0.479 e. The van der Waals surface area contributed by atoms with Crippen LogP contribution in [0.1, 0.15) is 39.0 Å². The van der Waals surface area contributed by atoms with E-state index in [4.69, 9.17) is 15.9 Å². The van der Waals surface area contributed by atoms with E-state index in [9.17, 15) is 9.59 Å². The van der Waals surface area contributed by atoms with E-state index in [2.05, 4.69) is 12.2 Å². The van der Waals surface area contributed by atoms with Crippen LogP contribution in [0.2, 0.25) is 0 Å². The van der Waals surface area contributed by atoms with E-state index >= 15 is 0 Å². The minimum atomic E-state index is -1.43. The van der Waals surface area contributed by atoms with Gasteiger partial charge in [-0.3, -0.25) is 4.79 Å². The third kappa shape index (κ3) is 4.18. The summed E-state index contributed by atoms with van der Waals surface area (Å²) in [6.45, 7) is 2.64. The molecule has 1 atom stereocenters. The van der Waals surface area contributed by atoms with Crippen molar-refractivity contribution in [3.05, 3.63) is 0 Å². The molecule has 0 bridgehead atoms. The number of aliphatic hydroxyl groups is 1. The number of carboxylic acid groups (broad SMARTS) is 1. The molecule has 0 aromatic heterocycles. The van der Waals surface area contributed by atoms with Gasteiger partial charge >= 0.3 is 5.97 Å². The average Bonchev–Trinajstić information content (AvgIpc) is 2.39. The Kier molecular flexibility index (Phi) is 5.75. The molecule has 0 saturated heterocycles. The van der Waals surface area contributed by atoms with Gasteiger partial charge in [0, 0.05) is 19.5 Å². The maximum absolute atomic E-state index is 12.2. The molecule has 0 spiro atoms. The van der Waals surface area contributed by atoms with Crippen molar-refractivity contribution in [3.63, 3.8) is 0 Å². The van der Waals surface area contributed by atoms with Crippen LogP contribution in [0.5, 0.6) is 0 Å². The van der Waals surface area contributed by atoms with Crippen LogP contribution in [0.25, 0.3) is 0 Å². The van der Waals surface area contributed by atoms with E-state index < -0.39 is 17.5 Å². The van der Waals surface area contributed by atoms with Crippen LogP contribution < -0.4 is 11.1 Å². The maximum atomic E-state index is 12.2. The molecular weight excluding hydrogens is 248 g/mol. The Bertz CT molecular complexity index is 325. The van der Waals surface area contributed by atoms with Gasteiger partial charge in [-0.1, -0.05) is 6.92 Å². The van der Waals surface area contributed by atoms with Crippen LogP contribution in [0, 0.1) is 11.3 Å². The number of carbonyl (C=O) groups is 2. The molecule has 0 radical (unpaired) electrons. The number of nitrogens with one attached hydrogen (secondary N) is 1. The molecule has 0 aromatic carbocycles. The van der Waals surface area contributed by atoms with Crippen molar-refractivity contribution in [2.75, 3.05) is 13.1 Å². The van der Waals surface area contributed by atoms with Crippen molar-refractivity contribution in [2.24, 2.45) is 17.1 Å². The van der Waals surface area contributed by atoms with Gasteiger partial charge in [-0.05, 0) is 31.6 Å². The highest BCUT2D eigenvalue weighted by Crippen LogP contribution is 2.38. The first-order valence-corrected chi connectivity index (χ1v) is 6.80. The third-order valence-corrected chi connectivity index (χ3v) is 4.09. The lowest BCUT2D eigenvalue weighted by Crippen LogP contribution is -2.48. The Morgan fingerprint density at radius 2 is 2.00 bits per heavy atom. The monoisotopic (exact) mass is 272 g/mol. The number of aliphatic carboxylic acids is 1. The Morgan fingerprint density at radius 1 is 1.42 bits per heavy atom. The predicted molar refractivity (Wildman–Crippen MR) is 70.4 cm³/mol.